The molecule has 0 bridgehead atoms. The lowest BCUT2D eigenvalue weighted by Gasteiger charge is -2.24. The lowest BCUT2D eigenvalue weighted by molar-refractivity contribution is 0.244. The largest absolute Gasteiger partial charge is 0.330 e. The van der Waals surface area contributed by atoms with Crippen molar-refractivity contribution in [2.45, 2.75) is 26.3 Å². The van der Waals surface area contributed by atoms with Gasteiger partial charge in [-0.15, -0.1) is 6.58 Å². The summed E-state index contributed by atoms with van der Waals surface area (Å²) in [6.45, 7) is 10.9. The molecule has 2 N–H and O–H groups in total. The van der Waals surface area contributed by atoms with Gasteiger partial charge in [-0.2, -0.15) is 0 Å². The fourth-order valence-electron chi connectivity index (χ4n) is 1.02. The summed E-state index contributed by atoms with van der Waals surface area (Å²) in [4.78, 5) is 2.36. The molecule has 0 saturated heterocycles. The van der Waals surface area contributed by atoms with Gasteiger partial charge in [-0.3, -0.25) is 4.90 Å². The normalized spacial score (nSPS) is 11.0. The van der Waals surface area contributed by atoms with Crippen molar-refractivity contribution in [3.05, 3.63) is 12.7 Å². The SMILES string of the molecule is C=CCN(CCCN)C(C)C. The molecule has 0 aromatic rings. The Kier molecular flexibility index (Phi) is 6.18. The highest BCUT2D eigenvalue weighted by atomic mass is 15.1. The van der Waals surface area contributed by atoms with Crippen LogP contribution in [0.2, 0.25) is 0 Å². The van der Waals surface area contributed by atoms with Crippen LogP contribution in [0.4, 0.5) is 0 Å². The topological polar surface area (TPSA) is 29.3 Å². The summed E-state index contributed by atoms with van der Waals surface area (Å²) in [5.74, 6) is 0. The molecule has 0 aliphatic carbocycles. The van der Waals surface area contributed by atoms with E-state index in [2.05, 4.69) is 25.3 Å². The second kappa shape index (κ2) is 6.38. The van der Waals surface area contributed by atoms with E-state index < -0.39 is 0 Å². The van der Waals surface area contributed by atoms with Crippen LogP contribution in [0.25, 0.3) is 0 Å². The van der Waals surface area contributed by atoms with Gasteiger partial charge in [0, 0.05) is 12.6 Å². The molecule has 0 unspecified atom stereocenters. The summed E-state index contributed by atoms with van der Waals surface area (Å²) >= 11 is 0. The molecule has 0 amide bonds. The predicted octanol–water partition coefficient (Wildman–Crippen LogP) is 1.23. The summed E-state index contributed by atoms with van der Waals surface area (Å²) in [6, 6.07) is 0.597. The van der Waals surface area contributed by atoms with Gasteiger partial charge in [0.2, 0.25) is 0 Å². The molecule has 0 aliphatic rings. The molecular formula is C9H20N2. The highest BCUT2D eigenvalue weighted by molar-refractivity contribution is 4.75. The molecular weight excluding hydrogens is 136 g/mol. The van der Waals surface area contributed by atoms with E-state index in [-0.39, 0.29) is 0 Å². The van der Waals surface area contributed by atoms with Crippen molar-refractivity contribution in [3.8, 4) is 0 Å². The molecule has 2 heteroatoms. The van der Waals surface area contributed by atoms with Crippen molar-refractivity contribution in [1.82, 2.24) is 4.90 Å². The molecule has 0 spiro atoms. The van der Waals surface area contributed by atoms with Crippen molar-refractivity contribution in [2.75, 3.05) is 19.6 Å². The zero-order valence-corrected chi connectivity index (χ0v) is 7.71. The van der Waals surface area contributed by atoms with E-state index in [1.807, 2.05) is 6.08 Å². The van der Waals surface area contributed by atoms with Crippen molar-refractivity contribution in [3.63, 3.8) is 0 Å². The predicted molar refractivity (Wildman–Crippen MR) is 50.6 cm³/mol. The number of rotatable bonds is 6. The Labute approximate surface area is 70.1 Å². The van der Waals surface area contributed by atoms with Crippen LogP contribution in [0.15, 0.2) is 12.7 Å². The lowest BCUT2D eigenvalue weighted by atomic mass is 10.3. The molecule has 0 heterocycles. The molecule has 0 atom stereocenters. The molecule has 0 rings (SSSR count). The van der Waals surface area contributed by atoms with Crippen LogP contribution < -0.4 is 5.73 Å². The molecule has 0 aromatic heterocycles. The van der Waals surface area contributed by atoms with Gasteiger partial charge in [-0.05, 0) is 33.4 Å². The molecule has 0 aromatic carbocycles. The first-order valence-corrected chi connectivity index (χ1v) is 4.27. The highest BCUT2D eigenvalue weighted by Gasteiger charge is 2.05. The Morgan fingerprint density at radius 3 is 2.55 bits per heavy atom. The maximum absolute atomic E-state index is 5.42. The van der Waals surface area contributed by atoms with Crippen LogP contribution >= 0.6 is 0 Å². The summed E-state index contributed by atoms with van der Waals surface area (Å²) in [5.41, 5.74) is 5.42. The average Bonchev–Trinajstić information content (AvgIpc) is 1.97. The van der Waals surface area contributed by atoms with E-state index in [1.54, 1.807) is 0 Å². The van der Waals surface area contributed by atoms with Crippen LogP contribution in [0, 0.1) is 0 Å². The van der Waals surface area contributed by atoms with E-state index in [0.717, 1.165) is 26.1 Å². The van der Waals surface area contributed by atoms with Crippen molar-refractivity contribution >= 4 is 0 Å². The second-order valence-electron chi connectivity index (χ2n) is 3.02. The van der Waals surface area contributed by atoms with Gasteiger partial charge in [-0.1, -0.05) is 6.08 Å². The van der Waals surface area contributed by atoms with Crippen molar-refractivity contribution < 1.29 is 0 Å². The number of nitrogens with two attached hydrogens (primary N) is 1. The van der Waals surface area contributed by atoms with Gasteiger partial charge in [0.1, 0.15) is 0 Å². The van der Waals surface area contributed by atoms with Crippen LogP contribution in [0.3, 0.4) is 0 Å². The summed E-state index contributed by atoms with van der Waals surface area (Å²) in [7, 11) is 0. The standard InChI is InChI=1S/C9H20N2/c1-4-7-11(9(2)3)8-5-6-10/h4,9H,1,5-8,10H2,2-3H3. The first kappa shape index (κ1) is 10.7. The Morgan fingerprint density at radius 1 is 1.55 bits per heavy atom. The summed E-state index contributed by atoms with van der Waals surface area (Å²) in [6.07, 6.45) is 3.02. The Hall–Kier alpha value is -0.340. The fraction of sp³-hybridized carbons (Fsp3) is 0.778. The summed E-state index contributed by atoms with van der Waals surface area (Å²) < 4.78 is 0. The third kappa shape index (κ3) is 4.99. The molecule has 0 radical (unpaired) electrons. The van der Waals surface area contributed by atoms with Gasteiger partial charge in [0.15, 0.2) is 0 Å². The minimum absolute atomic E-state index is 0.597. The number of hydrogen-bond acceptors (Lipinski definition) is 2. The maximum atomic E-state index is 5.42. The fourth-order valence-corrected chi connectivity index (χ4v) is 1.02. The van der Waals surface area contributed by atoms with Crippen LogP contribution in [-0.2, 0) is 0 Å². The molecule has 66 valence electrons. The van der Waals surface area contributed by atoms with Crippen molar-refractivity contribution in [1.29, 1.82) is 0 Å². The maximum Gasteiger partial charge on any atom is 0.0163 e. The van der Waals surface area contributed by atoms with E-state index in [0.29, 0.717) is 6.04 Å². The third-order valence-electron chi connectivity index (χ3n) is 1.74. The molecule has 11 heavy (non-hydrogen) atoms. The van der Waals surface area contributed by atoms with E-state index in [1.165, 1.54) is 0 Å². The van der Waals surface area contributed by atoms with Gasteiger partial charge < -0.3 is 5.73 Å². The lowest BCUT2D eigenvalue weighted by Crippen LogP contribution is -2.32. The van der Waals surface area contributed by atoms with E-state index in [9.17, 15) is 0 Å². The van der Waals surface area contributed by atoms with Gasteiger partial charge in [0.05, 0.1) is 0 Å². The minimum Gasteiger partial charge on any atom is -0.330 e. The van der Waals surface area contributed by atoms with E-state index >= 15 is 0 Å². The molecule has 0 fully saturated rings. The monoisotopic (exact) mass is 156 g/mol. The van der Waals surface area contributed by atoms with E-state index in [4.69, 9.17) is 5.73 Å². The highest BCUT2D eigenvalue weighted by Crippen LogP contribution is 1.98. The van der Waals surface area contributed by atoms with Crippen LogP contribution in [0.5, 0.6) is 0 Å². The third-order valence-corrected chi connectivity index (χ3v) is 1.74. The first-order valence-electron chi connectivity index (χ1n) is 4.27. The van der Waals surface area contributed by atoms with Gasteiger partial charge >= 0.3 is 0 Å². The number of hydrogen-bond donors (Lipinski definition) is 1. The Bertz CT molecular complexity index is 99.7. The van der Waals surface area contributed by atoms with Gasteiger partial charge in [0.25, 0.3) is 0 Å². The molecule has 0 saturated carbocycles. The zero-order valence-electron chi connectivity index (χ0n) is 7.71. The first-order chi connectivity index (χ1) is 5.22. The minimum atomic E-state index is 0.597. The quantitative estimate of drug-likeness (QED) is 0.586. The van der Waals surface area contributed by atoms with Crippen molar-refractivity contribution in [2.24, 2.45) is 5.73 Å². The van der Waals surface area contributed by atoms with Crippen LogP contribution in [-0.4, -0.2) is 30.6 Å². The number of nitrogens with zero attached hydrogens (tertiary/aromatic N) is 1. The Balaban J connectivity index is 3.59. The van der Waals surface area contributed by atoms with Gasteiger partial charge in [-0.25, -0.2) is 0 Å². The smallest absolute Gasteiger partial charge is 0.0163 e. The molecule has 0 aliphatic heterocycles. The Morgan fingerprint density at radius 2 is 2.18 bits per heavy atom. The second-order valence-corrected chi connectivity index (χ2v) is 3.02. The summed E-state index contributed by atoms with van der Waals surface area (Å²) in [5, 5.41) is 0. The van der Waals surface area contributed by atoms with Crippen LogP contribution in [0.1, 0.15) is 20.3 Å². The molecule has 2 nitrogen and oxygen atoms in total. The zero-order chi connectivity index (χ0) is 8.69. The average molecular weight is 156 g/mol.